The van der Waals surface area contributed by atoms with Crippen LogP contribution in [0, 0.1) is 5.92 Å². The lowest BCUT2D eigenvalue weighted by atomic mass is 9.98. The number of primary amides is 1. The third kappa shape index (κ3) is 2.93. The number of hydrogen-bond donors (Lipinski definition) is 2. The summed E-state index contributed by atoms with van der Waals surface area (Å²) in [6.45, 7) is 0.403. The first-order chi connectivity index (χ1) is 9.73. The topological polar surface area (TPSA) is 123 Å². The Morgan fingerprint density at radius 3 is 2.33 bits per heavy atom. The molecule has 116 valence electrons. The number of nitrogens with two attached hydrogens (primary N) is 1. The molecule has 8 nitrogen and oxygen atoms in total. The first kappa shape index (κ1) is 15.5. The van der Waals surface area contributed by atoms with Gasteiger partial charge in [0.2, 0.25) is 15.9 Å². The minimum atomic E-state index is -3.75. The van der Waals surface area contributed by atoms with E-state index in [-0.39, 0.29) is 29.6 Å². The number of amides is 1. The van der Waals surface area contributed by atoms with Crippen LogP contribution in [0.1, 0.15) is 23.3 Å². The van der Waals surface area contributed by atoms with Gasteiger partial charge in [-0.3, -0.25) is 4.79 Å². The lowest BCUT2D eigenvalue weighted by Crippen LogP contribution is -2.41. The van der Waals surface area contributed by atoms with E-state index in [0.29, 0.717) is 12.8 Å². The lowest BCUT2D eigenvalue weighted by molar-refractivity contribution is -0.122. The molecular formula is C12H17N3O5S. The number of aromatic carboxylic acids is 1. The van der Waals surface area contributed by atoms with E-state index in [1.165, 1.54) is 22.1 Å². The third-order valence-corrected chi connectivity index (χ3v) is 5.56. The first-order valence-electron chi connectivity index (χ1n) is 6.42. The van der Waals surface area contributed by atoms with Crippen molar-refractivity contribution in [2.24, 2.45) is 18.7 Å². The van der Waals surface area contributed by atoms with E-state index in [1.807, 2.05) is 0 Å². The highest BCUT2D eigenvalue weighted by atomic mass is 32.2. The Kier molecular flexibility index (Phi) is 4.06. The van der Waals surface area contributed by atoms with Crippen LogP contribution in [0.4, 0.5) is 0 Å². The van der Waals surface area contributed by atoms with Crippen molar-refractivity contribution in [3.63, 3.8) is 0 Å². The number of carbonyl (C=O) groups excluding carboxylic acids is 1. The number of sulfonamides is 1. The van der Waals surface area contributed by atoms with Crippen molar-refractivity contribution in [2.75, 3.05) is 13.1 Å². The van der Waals surface area contributed by atoms with E-state index >= 15 is 0 Å². The second kappa shape index (κ2) is 5.49. The van der Waals surface area contributed by atoms with Crippen LogP contribution < -0.4 is 5.73 Å². The zero-order valence-corrected chi connectivity index (χ0v) is 12.3. The number of nitrogens with zero attached hydrogens (tertiary/aromatic N) is 2. The van der Waals surface area contributed by atoms with Crippen molar-refractivity contribution >= 4 is 21.9 Å². The van der Waals surface area contributed by atoms with Crippen molar-refractivity contribution < 1.29 is 23.1 Å². The zero-order chi connectivity index (χ0) is 15.8. The van der Waals surface area contributed by atoms with E-state index in [4.69, 9.17) is 10.8 Å². The van der Waals surface area contributed by atoms with Crippen LogP contribution in [-0.4, -0.2) is 47.4 Å². The van der Waals surface area contributed by atoms with Crippen molar-refractivity contribution in [3.8, 4) is 0 Å². The predicted octanol–water partition coefficient (Wildman–Crippen LogP) is -0.391. The number of aryl methyl sites for hydroxylation is 1. The van der Waals surface area contributed by atoms with Gasteiger partial charge in [-0.25, -0.2) is 13.2 Å². The molecule has 1 aliphatic rings. The fourth-order valence-corrected chi connectivity index (χ4v) is 3.96. The Morgan fingerprint density at radius 1 is 1.33 bits per heavy atom. The summed E-state index contributed by atoms with van der Waals surface area (Å²) in [4.78, 5) is 22.0. The molecule has 0 saturated carbocycles. The average Bonchev–Trinajstić information content (AvgIpc) is 2.82. The number of carbonyl (C=O) groups is 2. The van der Waals surface area contributed by atoms with Gasteiger partial charge >= 0.3 is 5.97 Å². The molecule has 0 radical (unpaired) electrons. The highest BCUT2D eigenvalue weighted by molar-refractivity contribution is 7.89. The molecule has 0 aliphatic carbocycles. The maximum absolute atomic E-state index is 12.5. The van der Waals surface area contributed by atoms with Crippen LogP contribution in [0.25, 0.3) is 0 Å². The van der Waals surface area contributed by atoms with Gasteiger partial charge in [0.1, 0.15) is 10.6 Å². The van der Waals surface area contributed by atoms with Crippen molar-refractivity contribution in [1.29, 1.82) is 0 Å². The van der Waals surface area contributed by atoms with E-state index in [9.17, 15) is 18.0 Å². The Labute approximate surface area is 122 Å². The molecule has 1 amide bonds. The van der Waals surface area contributed by atoms with Gasteiger partial charge in [-0.1, -0.05) is 0 Å². The van der Waals surface area contributed by atoms with Gasteiger partial charge in [0.15, 0.2) is 0 Å². The van der Waals surface area contributed by atoms with Gasteiger partial charge in [-0.2, -0.15) is 4.31 Å². The summed E-state index contributed by atoms with van der Waals surface area (Å²) in [5, 5.41) is 8.97. The molecule has 2 rings (SSSR count). The second-order valence-electron chi connectivity index (χ2n) is 5.06. The van der Waals surface area contributed by atoms with Crippen LogP contribution in [-0.2, 0) is 21.9 Å². The third-order valence-electron chi connectivity index (χ3n) is 3.69. The fraction of sp³-hybridized carbons (Fsp3) is 0.500. The predicted molar refractivity (Wildman–Crippen MR) is 73.0 cm³/mol. The zero-order valence-electron chi connectivity index (χ0n) is 11.5. The molecule has 9 heteroatoms. The van der Waals surface area contributed by atoms with Gasteiger partial charge < -0.3 is 15.4 Å². The van der Waals surface area contributed by atoms with Gasteiger partial charge in [-0.15, -0.1) is 0 Å². The number of hydrogen-bond acceptors (Lipinski definition) is 4. The van der Waals surface area contributed by atoms with Crippen molar-refractivity contribution in [2.45, 2.75) is 17.7 Å². The van der Waals surface area contributed by atoms with Crippen LogP contribution in [0.2, 0.25) is 0 Å². The van der Waals surface area contributed by atoms with E-state index in [1.54, 1.807) is 0 Å². The molecule has 0 bridgehead atoms. The lowest BCUT2D eigenvalue weighted by Gasteiger charge is -2.29. The van der Waals surface area contributed by atoms with Gasteiger partial charge in [0.05, 0.1) is 0 Å². The summed E-state index contributed by atoms with van der Waals surface area (Å²) < 4.78 is 27.4. The Bertz CT molecular complexity index is 671. The number of piperidine rings is 1. The molecule has 3 N–H and O–H groups in total. The van der Waals surface area contributed by atoms with Crippen LogP contribution in [0.3, 0.4) is 0 Å². The quantitative estimate of drug-likeness (QED) is 0.783. The van der Waals surface area contributed by atoms with Crippen LogP contribution in [0.5, 0.6) is 0 Å². The minimum Gasteiger partial charge on any atom is -0.477 e. The highest BCUT2D eigenvalue weighted by Crippen LogP contribution is 2.24. The van der Waals surface area contributed by atoms with Gasteiger partial charge in [-0.05, 0) is 18.9 Å². The summed E-state index contributed by atoms with van der Waals surface area (Å²) in [6, 6.07) is 1.14. The molecule has 1 fully saturated rings. The van der Waals surface area contributed by atoms with E-state index in [0.717, 1.165) is 6.07 Å². The van der Waals surface area contributed by atoms with Gasteiger partial charge in [0, 0.05) is 32.3 Å². The molecule has 0 aromatic carbocycles. The monoisotopic (exact) mass is 315 g/mol. The number of carboxylic acid groups (broad SMARTS) is 1. The number of carboxylic acids is 1. The molecule has 1 aromatic rings. The molecule has 0 spiro atoms. The highest BCUT2D eigenvalue weighted by Gasteiger charge is 2.32. The molecule has 1 aliphatic heterocycles. The van der Waals surface area contributed by atoms with Crippen LogP contribution >= 0.6 is 0 Å². The maximum atomic E-state index is 12.5. The summed E-state index contributed by atoms with van der Waals surface area (Å²) in [5.41, 5.74) is 5.12. The second-order valence-corrected chi connectivity index (χ2v) is 7.00. The summed E-state index contributed by atoms with van der Waals surface area (Å²) >= 11 is 0. The number of aromatic nitrogens is 1. The molecule has 0 unspecified atom stereocenters. The Balaban J connectivity index is 2.21. The Hall–Kier alpha value is -1.87. The van der Waals surface area contributed by atoms with Crippen molar-refractivity contribution in [3.05, 3.63) is 18.0 Å². The SMILES string of the molecule is Cn1cc(S(=O)(=O)N2CCC(C(N)=O)CC2)cc1C(=O)O. The van der Waals surface area contributed by atoms with Gasteiger partial charge in [0.25, 0.3) is 0 Å². The van der Waals surface area contributed by atoms with E-state index < -0.39 is 21.9 Å². The first-order valence-corrected chi connectivity index (χ1v) is 7.86. The Morgan fingerprint density at radius 2 is 1.90 bits per heavy atom. The molecular weight excluding hydrogens is 298 g/mol. The largest absolute Gasteiger partial charge is 0.477 e. The standard InChI is InChI=1S/C12H17N3O5S/c1-14-7-9(6-10(14)12(17)18)21(19,20)15-4-2-8(3-5-15)11(13)16/h6-8H,2-5H2,1H3,(H2,13,16)(H,17,18). The molecule has 2 heterocycles. The molecule has 21 heavy (non-hydrogen) atoms. The minimum absolute atomic E-state index is 0.0556. The average molecular weight is 315 g/mol. The summed E-state index contributed by atoms with van der Waals surface area (Å²) in [7, 11) is -2.28. The fourth-order valence-electron chi connectivity index (χ4n) is 2.42. The molecule has 1 saturated heterocycles. The van der Waals surface area contributed by atoms with Crippen molar-refractivity contribution in [1.82, 2.24) is 8.87 Å². The maximum Gasteiger partial charge on any atom is 0.352 e. The summed E-state index contributed by atoms with van der Waals surface area (Å²) in [6.07, 6.45) is 2.04. The molecule has 0 atom stereocenters. The summed E-state index contributed by atoms with van der Waals surface area (Å²) in [5.74, 6) is -1.91. The van der Waals surface area contributed by atoms with E-state index in [2.05, 4.69) is 0 Å². The normalized spacial score (nSPS) is 17.8. The smallest absolute Gasteiger partial charge is 0.352 e. The van der Waals surface area contributed by atoms with Crippen LogP contribution in [0.15, 0.2) is 17.2 Å². The number of rotatable bonds is 4. The molecule has 1 aromatic heterocycles.